The zero-order valence-corrected chi connectivity index (χ0v) is 9.80. The van der Waals surface area contributed by atoms with Crippen LogP contribution < -0.4 is 0 Å². The third-order valence-electron chi connectivity index (χ3n) is 1.84. The lowest BCUT2D eigenvalue weighted by atomic mass is 9.84. The fraction of sp³-hybridized carbons (Fsp3) is 0.750. The Kier molecular flexibility index (Phi) is 5.51. The quantitative estimate of drug-likeness (QED) is 0.501. The number of carbonyl (C=O) groups is 1. The monoisotopic (exact) mass is 198 g/mol. The minimum atomic E-state index is -0.123. The Morgan fingerprint density at radius 3 is 2.50 bits per heavy atom. The highest BCUT2D eigenvalue weighted by atomic mass is 16.5. The highest BCUT2D eigenvalue weighted by Gasteiger charge is 2.17. The Morgan fingerprint density at radius 1 is 1.50 bits per heavy atom. The molecule has 2 heteroatoms. The molecule has 0 aromatic carbocycles. The van der Waals surface area contributed by atoms with E-state index in [-0.39, 0.29) is 11.4 Å². The van der Waals surface area contributed by atoms with E-state index in [9.17, 15) is 4.79 Å². The summed E-state index contributed by atoms with van der Waals surface area (Å²) >= 11 is 0. The van der Waals surface area contributed by atoms with Gasteiger partial charge in [0.25, 0.3) is 0 Å². The molecule has 14 heavy (non-hydrogen) atoms. The predicted octanol–water partition coefficient (Wildman–Crippen LogP) is 3.18. The van der Waals surface area contributed by atoms with Crippen LogP contribution in [-0.4, -0.2) is 12.6 Å². The summed E-state index contributed by atoms with van der Waals surface area (Å²) in [7, 11) is 0. The normalized spacial score (nSPS) is 13.4. The van der Waals surface area contributed by atoms with E-state index in [1.54, 1.807) is 6.08 Å². The van der Waals surface area contributed by atoms with E-state index in [0.29, 0.717) is 18.9 Å². The Bertz CT molecular complexity index is 189. The van der Waals surface area contributed by atoms with E-state index >= 15 is 0 Å². The summed E-state index contributed by atoms with van der Waals surface area (Å²) in [6.07, 6.45) is 3.13. The SMILES string of the molecule is C=CCOC(=O)CC(C)CC(C)(C)C. The van der Waals surface area contributed by atoms with Crippen LogP contribution in [0.1, 0.15) is 40.5 Å². The van der Waals surface area contributed by atoms with Crippen molar-refractivity contribution in [1.29, 1.82) is 0 Å². The average molecular weight is 198 g/mol. The average Bonchev–Trinajstić information content (AvgIpc) is 1.96. The number of rotatable bonds is 5. The molecule has 0 saturated heterocycles. The lowest BCUT2D eigenvalue weighted by Crippen LogP contribution is -2.15. The molecule has 0 heterocycles. The number of carbonyl (C=O) groups excluding carboxylic acids is 1. The van der Waals surface area contributed by atoms with Gasteiger partial charge < -0.3 is 4.74 Å². The van der Waals surface area contributed by atoms with Gasteiger partial charge in [-0.1, -0.05) is 40.3 Å². The van der Waals surface area contributed by atoms with E-state index < -0.39 is 0 Å². The zero-order valence-electron chi connectivity index (χ0n) is 9.80. The van der Waals surface area contributed by atoms with Gasteiger partial charge in [-0.25, -0.2) is 0 Å². The van der Waals surface area contributed by atoms with Gasteiger partial charge in [0.15, 0.2) is 0 Å². The van der Waals surface area contributed by atoms with Gasteiger partial charge in [0, 0.05) is 6.42 Å². The van der Waals surface area contributed by atoms with Crippen LogP contribution in [0.5, 0.6) is 0 Å². The lowest BCUT2D eigenvalue weighted by molar-refractivity contribution is -0.143. The van der Waals surface area contributed by atoms with Gasteiger partial charge in [-0.05, 0) is 17.8 Å². The van der Waals surface area contributed by atoms with Crippen LogP contribution in [0.25, 0.3) is 0 Å². The van der Waals surface area contributed by atoms with Crippen molar-refractivity contribution in [3.63, 3.8) is 0 Å². The Hall–Kier alpha value is -0.790. The van der Waals surface area contributed by atoms with Crippen LogP contribution >= 0.6 is 0 Å². The molecule has 1 unspecified atom stereocenters. The molecule has 0 rings (SSSR count). The molecule has 0 aromatic heterocycles. The summed E-state index contributed by atoms with van der Waals surface area (Å²) in [5.74, 6) is 0.258. The second-order valence-electron chi connectivity index (χ2n) is 5.05. The first kappa shape index (κ1) is 13.2. The molecule has 1 atom stereocenters. The van der Waals surface area contributed by atoms with Crippen molar-refractivity contribution >= 4 is 5.97 Å². The van der Waals surface area contributed by atoms with E-state index in [1.807, 2.05) is 0 Å². The maximum Gasteiger partial charge on any atom is 0.306 e. The van der Waals surface area contributed by atoms with Crippen molar-refractivity contribution < 1.29 is 9.53 Å². The van der Waals surface area contributed by atoms with Crippen LogP contribution in [0.2, 0.25) is 0 Å². The molecule has 0 aliphatic carbocycles. The van der Waals surface area contributed by atoms with E-state index in [4.69, 9.17) is 4.74 Å². The van der Waals surface area contributed by atoms with Gasteiger partial charge in [0.2, 0.25) is 0 Å². The topological polar surface area (TPSA) is 26.3 Å². The molecule has 0 bridgehead atoms. The molecule has 0 spiro atoms. The summed E-state index contributed by atoms with van der Waals surface area (Å²) < 4.78 is 4.92. The Morgan fingerprint density at radius 2 is 2.07 bits per heavy atom. The van der Waals surface area contributed by atoms with Gasteiger partial charge >= 0.3 is 5.97 Å². The standard InChI is InChI=1S/C12H22O2/c1-6-7-14-11(13)8-10(2)9-12(3,4)5/h6,10H,1,7-9H2,2-5H3. The first-order valence-electron chi connectivity index (χ1n) is 5.11. The lowest BCUT2D eigenvalue weighted by Gasteiger charge is -2.22. The Labute approximate surface area is 87.3 Å². The maximum atomic E-state index is 11.2. The van der Waals surface area contributed by atoms with Gasteiger partial charge in [-0.2, -0.15) is 0 Å². The molecule has 0 radical (unpaired) electrons. The molecule has 0 fully saturated rings. The molecule has 82 valence electrons. The van der Waals surface area contributed by atoms with Crippen molar-refractivity contribution in [3.8, 4) is 0 Å². The van der Waals surface area contributed by atoms with E-state index in [2.05, 4.69) is 34.3 Å². The minimum absolute atomic E-state index is 0.123. The fourth-order valence-electron chi connectivity index (χ4n) is 1.61. The molecule has 0 N–H and O–H groups in total. The van der Waals surface area contributed by atoms with Crippen LogP contribution in [0.3, 0.4) is 0 Å². The number of hydrogen-bond acceptors (Lipinski definition) is 2. The second kappa shape index (κ2) is 5.84. The first-order chi connectivity index (χ1) is 6.35. The molecule has 0 aromatic rings. The fourth-order valence-corrected chi connectivity index (χ4v) is 1.61. The second-order valence-corrected chi connectivity index (χ2v) is 5.05. The summed E-state index contributed by atoms with van der Waals surface area (Å²) in [4.78, 5) is 11.2. The highest BCUT2D eigenvalue weighted by molar-refractivity contribution is 5.69. The third-order valence-corrected chi connectivity index (χ3v) is 1.84. The van der Waals surface area contributed by atoms with Gasteiger partial charge in [-0.15, -0.1) is 0 Å². The van der Waals surface area contributed by atoms with Crippen LogP contribution in [0.15, 0.2) is 12.7 Å². The van der Waals surface area contributed by atoms with Crippen molar-refractivity contribution in [3.05, 3.63) is 12.7 Å². The van der Waals surface area contributed by atoms with Crippen molar-refractivity contribution in [1.82, 2.24) is 0 Å². The number of esters is 1. The van der Waals surface area contributed by atoms with Crippen molar-refractivity contribution in [2.75, 3.05) is 6.61 Å². The highest BCUT2D eigenvalue weighted by Crippen LogP contribution is 2.25. The largest absolute Gasteiger partial charge is 0.461 e. The molecule has 0 saturated carbocycles. The van der Waals surface area contributed by atoms with Crippen LogP contribution in [0.4, 0.5) is 0 Å². The third kappa shape index (κ3) is 7.84. The van der Waals surface area contributed by atoms with Crippen molar-refractivity contribution in [2.24, 2.45) is 11.3 Å². The molecule has 0 amide bonds. The molecular weight excluding hydrogens is 176 g/mol. The van der Waals surface area contributed by atoms with E-state index in [0.717, 1.165) is 6.42 Å². The first-order valence-corrected chi connectivity index (χ1v) is 5.11. The van der Waals surface area contributed by atoms with Gasteiger partial charge in [-0.3, -0.25) is 4.79 Å². The summed E-state index contributed by atoms with van der Waals surface area (Å²) in [5.41, 5.74) is 0.276. The smallest absolute Gasteiger partial charge is 0.306 e. The number of ether oxygens (including phenoxy) is 1. The maximum absolute atomic E-state index is 11.2. The Balaban J connectivity index is 3.76. The summed E-state index contributed by atoms with van der Waals surface area (Å²) in [5, 5.41) is 0. The minimum Gasteiger partial charge on any atom is -0.461 e. The number of hydrogen-bond donors (Lipinski definition) is 0. The molecule has 0 aliphatic heterocycles. The molecule has 0 aliphatic rings. The molecular formula is C12H22O2. The zero-order chi connectivity index (χ0) is 11.2. The van der Waals surface area contributed by atoms with Crippen LogP contribution in [-0.2, 0) is 9.53 Å². The van der Waals surface area contributed by atoms with E-state index in [1.165, 1.54) is 0 Å². The van der Waals surface area contributed by atoms with Gasteiger partial charge in [0.05, 0.1) is 0 Å². The molecule has 2 nitrogen and oxygen atoms in total. The van der Waals surface area contributed by atoms with Gasteiger partial charge in [0.1, 0.15) is 6.61 Å². The summed E-state index contributed by atoms with van der Waals surface area (Å²) in [6.45, 7) is 12.4. The van der Waals surface area contributed by atoms with Crippen LogP contribution in [0, 0.1) is 11.3 Å². The summed E-state index contributed by atoms with van der Waals surface area (Å²) in [6, 6.07) is 0. The predicted molar refractivity (Wildman–Crippen MR) is 59.0 cm³/mol. The van der Waals surface area contributed by atoms with Crippen molar-refractivity contribution in [2.45, 2.75) is 40.5 Å².